The molecule has 120 valence electrons. The third-order valence-electron chi connectivity index (χ3n) is 4.15. The van der Waals surface area contributed by atoms with E-state index in [1.807, 2.05) is 13.8 Å². The first kappa shape index (κ1) is 15.3. The van der Waals surface area contributed by atoms with Crippen LogP contribution in [0.15, 0.2) is 29.2 Å². The summed E-state index contributed by atoms with van der Waals surface area (Å²) in [5.74, 6) is 0.106. The molecule has 1 N–H and O–H groups in total. The van der Waals surface area contributed by atoms with Crippen molar-refractivity contribution >= 4 is 21.7 Å². The molecule has 2 aliphatic rings. The minimum Gasteiger partial charge on any atom is -0.376 e. The lowest BCUT2D eigenvalue weighted by molar-refractivity contribution is -0.0733. The van der Waals surface area contributed by atoms with E-state index in [1.165, 1.54) is 6.07 Å². The van der Waals surface area contributed by atoms with Crippen molar-refractivity contribution in [3.63, 3.8) is 0 Å². The Hall–Kier alpha value is -1.60. The number of sulfonamides is 1. The highest BCUT2D eigenvalue weighted by Gasteiger charge is 2.39. The van der Waals surface area contributed by atoms with Crippen LogP contribution in [0.1, 0.15) is 26.7 Å². The monoisotopic (exact) mass is 324 g/mol. The predicted molar refractivity (Wildman–Crippen MR) is 82.1 cm³/mol. The fourth-order valence-electron chi connectivity index (χ4n) is 3.13. The number of rotatable bonds is 2. The first-order valence-electron chi connectivity index (χ1n) is 7.36. The predicted octanol–water partition coefficient (Wildman–Crippen LogP) is 2.43. The van der Waals surface area contributed by atoms with Crippen molar-refractivity contribution in [1.82, 2.24) is 4.31 Å². The Kier molecular flexibility index (Phi) is 3.65. The zero-order chi connectivity index (χ0) is 16.0. The fraction of sp³-hybridized carbons (Fsp3) is 0.533. The van der Waals surface area contributed by atoms with Gasteiger partial charge in [0.2, 0.25) is 0 Å². The number of hydrogen-bond acceptors (Lipinski definition) is 4. The molecular formula is C15H20N2O4S. The number of hydrogen-bond donors (Lipinski definition) is 1. The van der Waals surface area contributed by atoms with Crippen LogP contribution >= 0.6 is 0 Å². The summed E-state index contributed by atoms with van der Waals surface area (Å²) in [6.07, 6.45) is 1.48. The maximum atomic E-state index is 12.7. The molecule has 6 nitrogen and oxygen atoms in total. The largest absolute Gasteiger partial charge is 0.376 e. The van der Waals surface area contributed by atoms with Gasteiger partial charge in [-0.3, -0.25) is 0 Å². The van der Waals surface area contributed by atoms with Crippen molar-refractivity contribution in [3.8, 4) is 0 Å². The molecule has 1 aromatic carbocycles. The molecule has 0 aromatic heterocycles. The first-order chi connectivity index (χ1) is 10.3. The Bertz CT molecular complexity index is 699. The molecule has 1 aromatic rings. The standard InChI is InChI=1S/C15H20N2O4S/c1-15(2)9-11(7-8-21-15)10-17-14(18)16-12-5-3-4-6-13(12)22(17,19)20/h3-6,11H,7-10H2,1-2H3,(H,16,18). The van der Waals surface area contributed by atoms with Gasteiger partial charge >= 0.3 is 6.03 Å². The van der Waals surface area contributed by atoms with Crippen molar-refractivity contribution in [2.75, 3.05) is 18.5 Å². The third kappa shape index (κ3) is 2.70. The van der Waals surface area contributed by atoms with Crippen LogP contribution in [-0.2, 0) is 14.8 Å². The molecule has 1 unspecified atom stereocenters. The van der Waals surface area contributed by atoms with Crippen LogP contribution in [0.5, 0.6) is 0 Å². The molecule has 2 heterocycles. The van der Waals surface area contributed by atoms with Gasteiger partial charge in [-0.05, 0) is 44.7 Å². The van der Waals surface area contributed by atoms with E-state index < -0.39 is 16.1 Å². The number of fused-ring (bicyclic) bond motifs is 1. The summed E-state index contributed by atoms with van der Waals surface area (Å²) in [6.45, 7) is 4.75. The molecule has 1 atom stereocenters. The van der Waals surface area contributed by atoms with E-state index in [2.05, 4.69) is 5.32 Å². The lowest BCUT2D eigenvalue weighted by Crippen LogP contribution is -2.48. The molecule has 22 heavy (non-hydrogen) atoms. The highest BCUT2D eigenvalue weighted by molar-refractivity contribution is 7.90. The van der Waals surface area contributed by atoms with E-state index in [0.29, 0.717) is 12.3 Å². The van der Waals surface area contributed by atoms with E-state index in [0.717, 1.165) is 17.1 Å². The Balaban J connectivity index is 1.87. The van der Waals surface area contributed by atoms with Crippen molar-refractivity contribution in [3.05, 3.63) is 24.3 Å². The van der Waals surface area contributed by atoms with Gasteiger partial charge in [0.05, 0.1) is 11.3 Å². The number of nitrogens with zero attached hydrogens (tertiary/aromatic N) is 1. The van der Waals surface area contributed by atoms with Crippen molar-refractivity contribution < 1.29 is 17.9 Å². The van der Waals surface area contributed by atoms with E-state index in [-0.39, 0.29) is 23.0 Å². The molecule has 2 aliphatic heterocycles. The Morgan fingerprint density at radius 1 is 1.36 bits per heavy atom. The molecule has 2 amide bonds. The molecule has 0 saturated carbocycles. The number of benzene rings is 1. The van der Waals surface area contributed by atoms with E-state index in [4.69, 9.17) is 4.74 Å². The molecule has 3 rings (SSSR count). The second kappa shape index (κ2) is 5.24. The number of ether oxygens (including phenoxy) is 1. The maximum Gasteiger partial charge on any atom is 0.335 e. The van der Waals surface area contributed by atoms with Crippen LogP contribution in [0.2, 0.25) is 0 Å². The van der Waals surface area contributed by atoms with Crippen LogP contribution in [-0.4, -0.2) is 37.5 Å². The van der Waals surface area contributed by atoms with Gasteiger partial charge < -0.3 is 10.1 Å². The average Bonchev–Trinajstić information content (AvgIpc) is 2.43. The molecule has 0 bridgehead atoms. The van der Waals surface area contributed by atoms with Crippen LogP contribution in [0.4, 0.5) is 10.5 Å². The lowest BCUT2D eigenvalue weighted by Gasteiger charge is -2.38. The Labute approximate surface area is 130 Å². The zero-order valence-corrected chi connectivity index (χ0v) is 13.5. The quantitative estimate of drug-likeness (QED) is 0.906. The molecule has 0 radical (unpaired) electrons. The van der Waals surface area contributed by atoms with Gasteiger partial charge in [-0.25, -0.2) is 17.5 Å². The molecule has 1 saturated heterocycles. The van der Waals surface area contributed by atoms with Crippen LogP contribution in [0, 0.1) is 5.92 Å². The second-order valence-corrected chi connectivity index (χ2v) is 8.26. The van der Waals surface area contributed by atoms with Gasteiger partial charge in [0, 0.05) is 13.2 Å². The summed E-state index contributed by atoms with van der Waals surface area (Å²) in [6, 6.07) is 5.89. The summed E-state index contributed by atoms with van der Waals surface area (Å²) >= 11 is 0. The zero-order valence-electron chi connectivity index (χ0n) is 12.7. The van der Waals surface area contributed by atoms with Crippen molar-refractivity contribution in [2.45, 2.75) is 37.2 Å². The van der Waals surface area contributed by atoms with E-state index in [9.17, 15) is 13.2 Å². The van der Waals surface area contributed by atoms with Crippen LogP contribution < -0.4 is 5.32 Å². The number of carbonyl (C=O) groups is 1. The van der Waals surface area contributed by atoms with Gasteiger partial charge in [-0.15, -0.1) is 0 Å². The summed E-state index contributed by atoms with van der Waals surface area (Å²) in [7, 11) is -3.79. The third-order valence-corrected chi connectivity index (χ3v) is 5.95. The molecular weight excluding hydrogens is 304 g/mol. The molecule has 0 aliphatic carbocycles. The van der Waals surface area contributed by atoms with Gasteiger partial charge in [-0.2, -0.15) is 0 Å². The average molecular weight is 324 g/mol. The highest BCUT2D eigenvalue weighted by Crippen LogP contribution is 2.34. The number of nitrogens with one attached hydrogen (secondary N) is 1. The van der Waals surface area contributed by atoms with Crippen molar-refractivity contribution in [1.29, 1.82) is 0 Å². The van der Waals surface area contributed by atoms with Gasteiger partial charge in [0.25, 0.3) is 10.0 Å². The summed E-state index contributed by atoms with van der Waals surface area (Å²) in [5, 5.41) is 2.65. The summed E-state index contributed by atoms with van der Waals surface area (Å²) in [5.41, 5.74) is 0.0627. The number of para-hydroxylation sites is 1. The smallest absolute Gasteiger partial charge is 0.335 e. The van der Waals surface area contributed by atoms with Gasteiger partial charge in [-0.1, -0.05) is 12.1 Å². The lowest BCUT2D eigenvalue weighted by atomic mass is 9.88. The normalized spacial score (nSPS) is 26.2. The van der Waals surface area contributed by atoms with Gasteiger partial charge in [0.15, 0.2) is 0 Å². The molecule has 0 spiro atoms. The maximum absolute atomic E-state index is 12.7. The minimum absolute atomic E-state index is 0.106. The molecule has 7 heteroatoms. The number of amides is 2. The highest BCUT2D eigenvalue weighted by atomic mass is 32.2. The Morgan fingerprint density at radius 3 is 2.82 bits per heavy atom. The van der Waals surface area contributed by atoms with E-state index >= 15 is 0 Å². The van der Waals surface area contributed by atoms with Crippen LogP contribution in [0.3, 0.4) is 0 Å². The van der Waals surface area contributed by atoms with Crippen LogP contribution in [0.25, 0.3) is 0 Å². The number of anilines is 1. The minimum atomic E-state index is -3.79. The fourth-order valence-corrected chi connectivity index (χ4v) is 4.69. The van der Waals surface area contributed by atoms with Gasteiger partial charge in [0.1, 0.15) is 4.90 Å². The number of carbonyl (C=O) groups excluding carboxylic acids is 1. The second-order valence-electron chi connectivity index (χ2n) is 6.43. The SMILES string of the molecule is CC1(C)CC(CN2C(=O)Nc3ccccc3S2(=O)=O)CCO1. The first-order valence-corrected chi connectivity index (χ1v) is 8.80. The summed E-state index contributed by atoms with van der Waals surface area (Å²) < 4.78 is 32.0. The van der Waals surface area contributed by atoms with Crippen molar-refractivity contribution in [2.24, 2.45) is 5.92 Å². The summed E-state index contributed by atoms with van der Waals surface area (Å²) in [4.78, 5) is 12.4. The number of urea groups is 1. The molecule has 1 fully saturated rings. The van der Waals surface area contributed by atoms with E-state index in [1.54, 1.807) is 18.2 Å². The topological polar surface area (TPSA) is 75.7 Å². The Morgan fingerprint density at radius 2 is 2.09 bits per heavy atom.